The molecular formula is C16H24O3. The van der Waals surface area contributed by atoms with Crippen LogP contribution in [0.15, 0.2) is 0 Å². The smallest absolute Gasteiger partial charge is 0.319 e. The summed E-state index contributed by atoms with van der Waals surface area (Å²) >= 11 is 0. The standard InChI is InChI=1S/C16H24O3/c1-6-7-8-10-16(14(18)19-5)11-9-12(13(16)17)15(2,3)4/h1,12H,7-11H2,2-5H3. The van der Waals surface area contributed by atoms with Crippen LogP contribution in [-0.4, -0.2) is 18.9 Å². The molecule has 1 rings (SSSR count). The Hall–Kier alpha value is -1.30. The van der Waals surface area contributed by atoms with Crippen LogP contribution in [0.5, 0.6) is 0 Å². The van der Waals surface area contributed by atoms with Gasteiger partial charge >= 0.3 is 5.97 Å². The molecule has 1 aliphatic rings. The Labute approximate surface area is 116 Å². The molecule has 1 aliphatic carbocycles. The van der Waals surface area contributed by atoms with Crippen LogP contribution in [0, 0.1) is 29.1 Å². The third kappa shape index (κ3) is 3.00. The zero-order valence-corrected chi connectivity index (χ0v) is 12.4. The number of esters is 1. The summed E-state index contributed by atoms with van der Waals surface area (Å²) in [4.78, 5) is 24.8. The lowest BCUT2D eigenvalue weighted by atomic mass is 9.73. The average Bonchev–Trinajstić information content (AvgIpc) is 2.67. The number of Topliss-reactive ketones (excluding diaryl/α,β-unsaturated/α-hetero) is 1. The van der Waals surface area contributed by atoms with Crippen molar-refractivity contribution in [1.29, 1.82) is 0 Å². The number of ether oxygens (including phenoxy) is 1. The molecule has 2 unspecified atom stereocenters. The zero-order valence-electron chi connectivity index (χ0n) is 12.4. The van der Waals surface area contributed by atoms with E-state index in [2.05, 4.69) is 5.92 Å². The largest absolute Gasteiger partial charge is 0.468 e. The second-order valence-electron chi connectivity index (χ2n) is 6.45. The Bertz CT molecular complexity index is 397. The van der Waals surface area contributed by atoms with Crippen LogP contribution in [0.4, 0.5) is 0 Å². The molecule has 106 valence electrons. The third-order valence-corrected chi connectivity index (χ3v) is 4.19. The Morgan fingerprint density at radius 1 is 1.53 bits per heavy atom. The van der Waals surface area contributed by atoms with Crippen LogP contribution in [0.3, 0.4) is 0 Å². The van der Waals surface area contributed by atoms with Crippen LogP contribution in [-0.2, 0) is 14.3 Å². The number of hydrogen-bond acceptors (Lipinski definition) is 3. The minimum absolute atomic E-state index is 0.0453. The van der Waals surface area contributed by atoms with Crippen LogP contribution >= 0.6 is 0 Å². The molecule has 1 saturated carbocycles. The fourth-order valence-corrected chi connectivity index (χ4v) is 3.05. The van der Waals surface area contributed by atoms with Crippen molar-refractivity contribution in [1.82, 2.24) is 0 Å². The first-order valence-electron chi connectivity index (χ1n) is 6.86. The molecule has 0 aromatic heterocycles. The van der Waals surface area contributed by atoms with Gasteiger partial charge in [-0.05, 0) is 31.1 Å². The lowest BCUT2D eigenvalue weighted by Gasteiger charge is -2.29. The van der Waals surface area contributed by atoms with Gasteiger partial charge in [0.25, 0.3) is 0 Å². The van der Waals surface area contributed by atoms with E-state index in [1.54, 1.807) is 0 Å². The fourth-order valence-electron chi connectivity index (χ4n) is 3.05. The lowest BCUT2D eigenvalue weighted by molar-refractivity contribution is -0.158. The molecule has 1 fully saturated rings. The molecule has 2 atom stereocenters. The Balaban J connectivity index is 2.98. The van der Waals surface area contributed by atoms with Gasteiger partial charge in [-0.2, -0.15) is 0 Å². The van der Waals surface area contributed by atoms with Gasteiger partial charge in [0.15, 0.2) is 5.78 Å². The van der Waals surface area contributed by atoms with E-state index in [9.17, 15) is 9.59 Å². The van der Waals surface area contributed by atoms with Crippen molar-refractivity contribution in [2.45, 2.75) is 52.9 Å². The quantitative estimate of drug-likeness (QED) is 0.339. The maximum Gasteiger partial charge on any atom is 0.319 e. The SMILES string of the molecule is C#CCCCC1(C(=O)OC)CCC(C(C)(C)C)C1=O. The van der Waals surface area contributed by atoms with E-state index in [4.69, 9.17) is 11.2 Å². The number of methoxy groups -OCH3 is 1. The molecule has 0 amide bonds. The highest BCUT2D eigenvalue weighted by Crippen LogP contribution is 2.49. The van der Waals surface area contributed by atoms with Gasteiger partial charge in [0, 0.05) is 12.3 Å². The molecule has 0 heterocycles. The van der Waals surface area contributed by atoms with Gasteiger partial charge < -0.3 is 4.74 Å². The minimum Gasteiger partial charge on any atom is -0.468 e. The maximum atomic E-state index is 12.7. The minimum atomic E-state index is -0.955. The summed E-state index contributed by atoms with van der Waals surface area (Å²) in [6.45, 7) is 6.14. The topological polar surface area (TPSA) is 43.4 Å². The van der Waals surface area contributed by atoms with Gasteiger partial charge in [0.05, 0.1) is 7.11 Å². The molecule has 0 bridgehead atoms. The highest BCUT2D eigenvalue weighted by molar-refractivity contribution is 6.06. The number of hydrogen-bond donors (Lipinski definition) is 0. The van der Waals surface area contributed by atoms with E-state index in [1.807, 2.05) is 20.8 Å². The fraction of sp³-hybridized carbons (Fsp3) is 0.750. The van der Waals surface area contributed by atoms with Gasteiger partial charge in [0.1, 0.15) is 5.41 Å². The summed E-state index contributed by atoms with van der Waals surface area (Å²) in [5.74, 6) is 2.14. The second kappa shape index (κ2) is 5.77. The van der Waals surface area contributed by atoms with E-state index >= 15 is 0 Å². The van der Waals surface area contributed by atoms with Crippen molar-refractivity contribution >= 4 is 11.8 Å². The van der Waals surface area contributed by atoms with Crippen molar-refractivity contribution in [2.24, 2.45) is 16.7 Å². The molecule has 0 radical (unpaired) electrons. The maximum absolute atomic E-state index is 12.7. The first-order valence-corrected chi connectivity index (χ1v) is 6.86. The monoisotopic (exact) mass is 264 g/mol. The number of ketones is 1. The molecule has 0 aliphatic heterocycles. The van der Waals surface area contributed by atoms with Crippen molar-refractivity contribution in [2.75, 3.05) is 7.11 Å². The van der Waals surface area contributed by atoms with Gasteiger partial charge in [-0.25, -0.2) is 0 Å². The van der Waals surface area contributed by atoms with Crippen molar-refractivity contribution in [3.63, 3.8) is 0 Å². The van der Waals surface area contributed by atoms with Crippen molar-refractivity contribution in [3.8, 4) is 12.3 Å². The van der Waals surface area contributed by atoms with Crippen LogP contribution in [0.1, 0.15) is 52.9 Å². The summed E-state index contributed by atoms with van der Waals surface area (Å²) in [7, 11) is 1.35. The highest BCUT2D eigenvalue weighted by Gasteiger charge is 2.55. The summed E-state index contributed by atoms with van der Waals surface area (Å²) in [6, 6.07) is 0. The molecule has 0 aromatic rings. The van der Waals surface area contributed by atoms with Crippen molar-refractivity contribution < 1.29 is 14.3 Å². The normalized spacial score (nSPS) is 27.1. The first kappa shape index (κ1) is 15.8. The number of carbonyl (C=O) groups is 2. The summed E-state index contributed by atoms with van der Waals surface area (Å²) in [5, 5.41) is 0. The first-order chi connectivity index (χ1) is 8.79. The second-order valence-corrected chi connectivity index (χ2v) is 6.45. The lowest BCUT2D eigenvalue weighted by Crippen LogP contribution is -2.40. The van der Waals surface area contributed by atoms with E-state index in [0.717, 1.165) is 6.42 Å². The van der Waals surface area contributed by atoms with Crippen LogP contribution in [0.25, 0.3) is 0 Å². The molecule has 0 saturated heterocycles. The molecule has 3 nitrogen and oxygen atoms in total. The van der Waals surface area contributed by atoms with Gasteiger partial charge in [-0.3, -0.25) is 9.59 Å². The number of unbranched alkanes of at least 4 members (excludes halogenated alkanes) is 1. The zero-order chi connectivity index (χ0) is 14.7. The predicted octanol–water partition coefficient (Wildman–Crippen LogP) is 2.97. The van der Waals surface area contributed by atoms with E-state index < -0.39 is 5.41 Å². The molecule has 0 aromatic carbocycles. The summed E-state index contributed by atoms with van der Waals surface area (Å²) in [6.07, 6.45) is 8.38. The van der Waals surface area contributed by atoms with Crippen LogP contribution in [0.2, 0.25) is 0 Å². The number of terminal acetylenes is 1. The predicted molar refractivity (Wildman–Crippen MR) is 74.3 cm³/mol. The highest BCUT2D eigenvalue weighted by atomic mass is 16.5. The number of rotatable bonds is 4. The average molecular weight is 264 g/mol. The molecular weight excluding hydrogens is 240 g/mol. The summed E-state index contributed by atoms with van der Waals surface area (Å²) in [5.41, 5.74) is -1.07. The van der Waals surface area contributed by atoms with Gasteiger partial charge in [-0.15, -0.1) is 12.3 Å². The Morgan fingerprint density at radius 3 is 2.58 bits per heavy atom. The van der Waals surface area contributed by atoms with Crippen LogP contribution < -0.4 is 0 Å². The third-order valence-electron chi connectivity index (χ3n) is 4.19. The van der Waals surface area contributed by atoms with Gasteiger partial charge in [0.2, 0.25) is 0 Å². The van der Waals surface area contributed by atoms with E-state index in [1.165, 1.54) is 7.11 Å². The Morgan fingerprint density at radius 2 is 2.16 bits per heavy atom. The number of carbonyl (C=O) groups excluding carboxylic acids is 2. The van der Waals surface area contributed by atoms with E-state index in [0.29, 0.717) is 25.7 Å². The van der Waals surface area contributed by atoms with Crippen molar-refractivity contribution in [3.05, 3.63) is 0 Å². The molecule has 0 N–H and O–H groups in total. The molecule has 3 heteroatoms. The summed E-state index contributed by atoms with van der Waals surface area (Å²) < 4.78 is 4.89. The molecule has 19 heavy (non-hydrogen) atoms. The van der Waals surface area contributed by atoms with E-state index in [-0.39, 0.29) is 23.1 Å². The molecule has 0 spiro atoms. The Kier molecular flexibility index (Phi) is 4.79. The van der Waals surface area contributed by atoms with Gasteiger partial charge in [-0.1, -0.05) is 20.8 Å².